The number of carbonyl (C=O) groups excluding carboxylic acids is 2. The normalized spacial score (nSPS) is 14.8. The standard InChI is InChI=1S/C21H17ClN2O4/c1-3-10-28-18-9-8-14(12-19(18)27-4-2)11-17-20(25)24(21(26)23-17)16-7-5-6-15(22)13-16/h1,5-9,11-13H,4,10H2,2H3,(H,23,26)/b17-11+. The van der Waals surface area contributed by atoms with E-state index in [0.717, 1.165) is 4.90 Å². The van der Waals surface area contributed by atoms with Crippen LogP contribution in [0.4, 0.5) is 10.5 Å². The Hall–Kier alpha value is -3.43. The molecule has 1 saturated heterocycles. The van der Waals surface area contributed by atoms with Gasteiger partial charge < -0.3 is 14.8 Å². The highest BCUT2D eigenvalue weighted by atomic mass is 35.5. The van der Waals surface area contributed by atoms with Gasteiger partial charge >= 0.3 is 6.03 Å². The number of hydrogen-bond acceptors (Lipinski definition) is 4. The molecule has 0 bridgehead atoms. The first-order valence-corrected chi connectivity index (χ1v) is 8.87. The van der Waals surface area contributed by atoms with Crippen LogP contribution in [-0.2, 0) is 4.79 Å². The molecule has 142 valence electrons. The molecule has 1 fully saturated rings. The molecule has 0 radical (unpaired) electrons. The lowest BCUT2D eigenvalue weighted by Gasteiger charge is -2.12. The van der Waals surface area contributed by atoms with E-state index in [-0.39, 0.29) is 12.3 Å². The largest absolute Gasteiger partial charge is 0.490 e. The molecule has 7 heteroatoms. The number of hydrogen-bond donors (Lipinski definition) is 1. The Bertz CT molecular complexity index is 994. The Morgan fingerprint density at radius 2 is 2.00 bits per heavy atom. The molecule has 1 aliphatic rings. The van der Waals surface area contributed by atoms with Gasteiger partial charge in [0.25, 0.3) is 5.91 Å². The predicted molar refractivity (Wildman–Crippen MR) is 107 cm³/mol. The molecule has 6 nitrogen and oxygen atoms in total. The minimum absolute atomic E-state index is 0.115. The van der Waals surface area contributed by atoms with E-state index in [9.17, 15) is 9.59 Å². The lowest BCUT2D eigenvalue weighted by molar-refractivity contribution is -0.113. The minimum Gasteiger partial charge on any atom is -0.490 e. The monoisotopic (exact) mass is 396 g/mol. The van der Waals surface area contributed by atoms with Gasteiger partial charge in [0.05, 0.1) is 12.3 Å². The summed E-state index contributed by atoms with van der Waals surface area (Å²) in [5.41, 5.74) is 1.20. The Morgan fingerprint density at radius 1 is 1.18 bits per heavy atom. The van der Waals surface area contributed by atoms with Gasteiger partial charge in [-0.15, -0.1) is 6.42 Å². The van der Waals surface area contributed by atoms with Crippen molar-refractivity contribution in [3.05, 3.63) is 58.7 Å². The van der Waals surface area contributed by atoms with Crippen LogP contribution >= 0.6 is 11.6 Å². The average molecular weight is 397 g/mol. The maximum absolute atomic E-state index is 12.7. The molecule has 3 rings (SSSR count). The van der Waals surface area contributed by atoms with Gasteiger partial charge in [0, 0.05) is 5.02 Å². The Kier molecular flexibility index (Phi) is 5.87. The molecule has 1 N–H and O–H groups in total. The van der Waals surface area contributed by atoms with E-state index in [2.05, 4.69) is 11.2 Å². The third kappa shape index (κ3) is 4.11. The summed E-state index contributed by atoms with van der Waals surface area (Å²) in [5.74, 6) is 2.92. The zero-order chi connectivity index (χ0) is 20.1. The van der Waals surface area contributed by atoms with E-state index in [0.29, 0.717) is 34.4 Å². The van der Waals surface area contributed by atoms with Gasteiger partial charge in [-0.2, -0.15) is 0 Å². The second kappa shape index (κ2) is 8.51. The summed E-state index contributed by atoms with van der Waals surface area (Å²) in [5, 5.41) is 3.01. The summed E-state index contributed by atoms with van der Waals surface area (Å²) in [4.78, 5) is 26.0. The molecule has 3 amide bonds. The lowest BCUT2D eigenvalue weighted by Crippen LogP contribution is -2.30. The number of ether oxygens (including phenoxy) is 2. The highest BCUT2D eigenvalue weighted by Gasteiger charge is 2.34. The zero-order valence-corrected chi connectivity index (χ0v) is 15.8. The van der Waals surface area contributed by atoms with Crippen molar-refractivity contribution in [2.45, 2.75) is 6.92 Å². The summed E-state index contributed by atoms with van der Waals surface area (Å²) in [6, 6.07) is 11.1. The fourth-order valence-corrected chi connectivity index (χ4v) is 2.86. The van der Waals surface area contributed by atoms with Crippen molar-refractivity contribution < 1.29 is 19.1 Å². The first kappa shape index (κ1) is 19.3. The van der Waals surface area contributed by atoms with Gasteiger partial charge in [0.2, 0.25) is 0 Å². The fraction of sp³-hybridized carbons (Fsp3) is 0.143. The summed E-state index contributed by atoms with van der Waals surface area (Å²) in [6.07, 6.45) is 6.79. The van der Waals surface area contributed by atoms with Crippen LogP contribution in [-0.4, -0.2) is 25.2 Å². The molecular weight excluding hydrogens is 380 g/mol. The Balaban J connectivity index is 1.89. The molecule has 0 aliphatic carbocycles. The van der Waals surface area contributed by atoms with Gasteiger partial charge in [-0.25, -0.2) is 9.69 Å². The average Bonchev–Trinajstić information content (AvgIpc) is 2.94. The van der Waals surface area contributed by atoms with Crippen molar-refractivity contribution in [2.75, 3.05) is 18.1 Å². The van der Waals surface area contributed by atoms with Crippen molar-refractivity contribution in [3.8, 4) is 23.8 Å². The van der Waals surface area contributed by atoms with E-state index in [4.69, 9.17) is 27.5 Å². The van der Waals surface area contributed by atoms with E-state index >= 15 is 0 Å². The summed E-state index contributed by atoms with van der Waals surface area (Å²) in [6.45, 7) is 2.40. The Morgan fingerprint density at radius 3 is 2.71 bits per heavy atom. The number of anilines is 1. The van der Waals surface area contributed by atoms with Crippen molar-refractivity contribution in [3.63, 3.8) is 0 Å². The number of nitrogens with one attached hydrogen (secondary N) is 1. The third-order valence-electron chi connectivity index (χ3n) is 3.83. The number of benzene rings is 2. The molecule has 2 aromatic carbocycles. The van der Waals surface area contributed by atoms with Crippen LogP contribution < -0.4 is 19.7 Å². The van der Waals surface area contributed by atoms with Crippen molar-refractivity contribution in [1.29, 1.82) is 0 Å². The lowest BCUT2D eigenvalue weighted by atomic mass is 10.1. The first-order chi connectivity index (χ1) is 13.5. The zero-order valence-electron chi connectivity index (χ0n) is 15.1. The smallest absolute Gasteiger partial charge is 0.333 e. The van der Waals surface area contributed by atoms with Gasteiger partial charge in [-0.1, -0.05) is 29.7 Å². The molecule has 1 aliphatic heterocycles. The number of imide groups is 1. The molecular formula is C21H17ClN2O4. The second-order valence-electron chi connectivity index (χ2n) is 5.74. The highest BCUT2D eigenvalue weighted by molar-refractivity contribution is 6.32. The Labute approximate surface area is 167 Å². The maximum Gasteiger partial charge on any atom is 0.333 e. The van der Waals surface area contributed by atoms with Crippen molar-refractivity contribution >= 4 is 35.3 Å². The maximum atomic E-state index is 12.7. The number of terminal acetylenes is 1. The van der Waals surface area contributed by atoms with Crippen LogP contribution in [0.2, 0.25) is 5.02 Å². The van der Waals surface area contributed by atoms with Crippen LogP contribution in [0.15, 0.2) is 48.2 Å². The molecule has 0 spiro atoms. The van der Waals surface area contributed by atoms with Gasteiger partial charge in [0.1, 0.15) is 12.3 Å². The van der Waals surface area contributed by atoms with Crippen molar-refractivity contribution in [2.24, 2.45) is 0 Å². The molecule has 0 unspecified atom stereocenters. The SMILES string of the molecule is C#CCOc1ccc(/C=C2/NC(=O)N(c3cccc(Cl)c3)C2=O)cc1OCC. The summed E-state index contributed by atoms with van der Waals surface area (Å²) in [7, 11) is 0. The van der Waals surface area contributed by atoms with E-state index in [1.807, 2.05) is 6.92 Å². The minimum atomic E-state index is -0.544. The molecule has 0 saturated carbocycles. The number of halogens is 1. The second-order valence-corrected chi connectivity index (χ2v) is 6.18. The highest BCUT2D eigenvalue weighted by Crippen LogP contribution is 2.30. The van der Waals surface area contributed by atoms with E-state index in [1.54, 1.807) is 48.5 Å². The molecule has 0 atom stereocenters. The van der Waals surface area contributed by atoms with E-state index in [1.165, 1.54) is 0 Å². The summed E-state index contributed by atoms with van der Waals surface area (Å²) >= 11 is 5.96. The van der Waals surface area contributed by atoms with Crippen LogP contribution in [0.3, 0.4) is 0 Å². The fourth-order valence-electron chi connectivity index (χ4n) is 2.67. The first-order valence-electron chi connectivity index (χ1n) is 8.49. The third-order valence-corrected chi connectivity index (χ3v) is 4.07. The predicted octanol–water partition coefficient (Wildman–Crippen LogP) is 3.85. The van der Waals surface area contributed by atoms with Crippen LogP contribution in [0.5, 0.6) is 11.5 Å². The van der Waals surface area contributed by atoms with Crippen LogP contribution in [0.25, 0.3) is 6.08 Å². The molecule has 1 heterocycles. The molecule has 28 heavy (non-hydrogen) atoms. The topological polar surface area (TPSA) is 67.9 Å². The van der Waals surface area contributed by atoms with Crippen LogP contribution in [0, 0.1) is 12.3 Å². The van der Waals surface area contributed by atoms with Crippen LogP contribution in [0.1, 0.15) is 12.5 Å². The van der Waals surface area contributed by atoms with Crippen molar-refractivity contribution in [1.82, 2.24) is 5.32 Å². The van der Waals surface area contributed by atoms with E-state index < -0.39 is 11.9 Å². The van der Waals surface area contributed by atoms with Gasteiger partial charge in [-0.3, -0.25) is 4.79 Å². The summed E-state index contributed by atoms with van der Waals surface area (Å²) < 4.78 is 11.0. The number of urea groups is 1. The molecule has 2 aromatic rings. The number of amides is 3. The number of carbonyl (C=O) groups is 2. The van der Waals surface area contributed by atoms with Gasteiger partial charge in [0.15, 0.2) is 11.5 Å². The van der Waals surface area contributed by atoms with Gasteiger partial charge in [-0.05, 0) is 48.9 Å². The number of rotatable bonds is 6. The quantitative estimate of drug-likeness (QED) is 0.457. The molecule has 0 aromatic heterocycles. The number of nitrogens with zero attached hydrogens (tertiary/aromatic N) is 1.